The molecule has 2 aromatic rings. The third kappa shape index (κ3) is 2.99. The van der Waals surface area contributed by atoms with Gasteiger partial charge in [0.05, 0.1) is 22.3 Å². The number of nitrogens with one attached hydrogen (secondary N) is 1. The molecule has 120 valence electrons. The number of nitrogen functional groups attached to an aromatic ring is 2. The number of hydrogen-bond donors (Lipinski definition) is 7. The average molecular weight is 331 g/mol. The first kappa shape index (κ1) is 17.4. The summed E-state index contributed by atoms with van der Waals surface area (Å²) in [5, 5.41) is 19.1. The van der Waals surface area contributed by atoms with Crippen molar-refractivity contribution in [3.63, 3.8) is 0 Å². The zero-order valence-corrected chi connectivity index (χ0v) is 11.7. The lowest BCUT2D eigenvalue weighted by atomic mass is 10.1. The summed E-state index contributed by atoms with van der Waals surface area (Å²) in [7, 11) is -4.65. The van der Waals surface area contributed by atoms with Crippen LogP contribution >= 0.6 is 0 Å². The number of nitrogens with zero attached hydrogens (tertiary/aromatic N) is 1. The topological polar surface area (TPSA) is 214 Å². The van der Waals surface area contributed by atoms with Crippen LogP contribution in [0, 0.1) is 4.91 Å². The van der Waals surface area contributed by atoms with E-state index in [9.17, 15) is 18.4 Å². The van der Waals surface area contributed by atoms with E-state index in [0.717, 1.165) is 6.07 Å². The second kappa shape index (κ2) is 6.40. The molecule has 22 heavy (non-hydrogen) atoms. The minimum Gasteiger partial charge on any atom is -0.505 e. The number of nitroso groups, excluding NO2 is 1. The Morgan fingerprint density at radius 3 is 2.23 bits per heavy atom. The second-order valence-corrected chi connectivity index (χ2v) is 5.33. The average Bonchev–Trinajstić information content (AvgIpc) is 2.46. The normalized spacial score (nSPS) is 10.7. The van der Waals surface area contributed by atoms with Gasteiger partial charge >= 0.3 is 0 Å². The maximum Gasteiger partial charge on any atom is 0.296 e. The van der Waals surface area contributed by atoms with Crippen LogP contribution in [0.2, 0.25) is 0 Å². The molecule has 0 aliphatic rings. The van der Waals surface area contributed by atoms with Crippen molar-refractivity contribution in [2.24, 2.45) is 11.2 Å². The molecular formula is C10H13N5O6S. The minimum absolute atomic E-state index is 0.00213. The summed E-state index contributed by atoms with van der Waals surface area (Å²) in [5.74, 6) is 2.95. The monoisotopic (exact) mass is 331 g/mol. The highest BCUT2D eigenvalue weighted by Crippen LogP contribution is 2.41. The molecule has 0 saturated carbocycles. The number of phenolic OH excluding ortho intramolecular Hbond substituents is 1. The molecule has 0 saturated heterocycles. The van der Waals surface area contributed by atoms with E-state index < -0.39 is 26.5 Å². The largest absolute Gasteiger partial charge is 0.505 e. The number of anilines is 3. The molecule has 0 unspecified atom stereocenters. The molecular weight excluding hydrogens is 318 g/mol. The lowest BCUT2D eigenvalue weighted by Gasteiger charge is -2.12. The first-order chi connectivity index (χ1) is 10.3. The van der Waals surface area contributed by atoms with Crippen molar-refractivity contribution in [1.29, 1.82) is 0 Å². The molecule has 2 aromatic carbocycles. The number of phenols is 1. The smallest absolute Gasteiger partial charge is 0.296 e. The number of hydrogen-bond acceptors (Lipinski definition) is 9. The lowest BCUT2D eigenvalue weighted by molar-refractivity contribution is 0.311. The van der Waals surface area contributed by atoms with Crippen molar-refractivity contribution < 1.29 is 23.3 Å². The summed E-state index contributed by atoms with van der Waals surface area (Å²) in [6.07, 6.45) is 0. The van der Waals surface area contributed by atoms with E-state index in [1.54, 1.807) is 0 Å². The quantitative estimate of drug-likeness (QED) is 0.135. The molecule has 0 heterocycles. The highest BCUT2D eigenvalue weighted by atomic mass is 32.2. The number of nitrogens with two attached hydrogens (primary N) is 3. The minimum atomic E-state index is -4.65. The first-order valence-electron chi connectivity index (χ1n) is 5.42. The number of aromatic hydroxyl groups is 1. The van der Waals surface area contributed by atoms with Crippen LogP contribution in [0.15, 0.2) is 28.4 Å². The maximum absolute atomic E-state index is 11.2. The summed E-state index contributed by atoms with van der Waals surface area (Å²) in [5.41, 5.74) is 12.8. The van der Waals surface area contributed by atoms with E-state index in [4.69, 9.17) is 21.2 Å². The van der Waals surface area contributed by atoms with Crippen LogP contribution in [-0.4, -0.2) is 23.3 Å². The Bertz CT molecular complexity index is 822. The molecule has 0 radical (unpaired) electrons. The molecule has 2 rings (SSSR count). The lowest BCUT2D eigenvalue weighted by Crippen LogP contribution is -2.05. The van der Waals surface area contributed by atoms with Crippen LogP contribution in [0.25, 0.3) is 10.8 Å². The van der Waals surface area contributed by atoms with Gasteiger partial charge in [-0.25, -0.2) is 11.3 Å². The van der Waals surface area contributed by atoms with Crippen molar-refractivity contribution >= 4 is 38.0 Å². The van der Waals surface area contributed by atoms with Gasteiger partial charge < -0.3 is 21.8 Å². The molecule has 12 heteroatoms. The van der Waals surface area contributed by atoms with Gasteiger partial charge in [0.15, 0.2) is 0 Å². The highest BCUT2D eigenvalue weighted by Gasteiger charge is 2.21. The standard InChI is InChI=1S/C10H10N4O5S.H3NO/c11-6-2-1-4-5(9(6)13-14-16)3-7(20(17,18)19)8(12)10(4)15;1-2/h1-3,15H,11-12H2,(H,13,16)(H,17,18,19);2H,1H2. The number of rotatable bonds is 3. The Balaban J connectivity index is 0.00000116. The van der Waals surface area contributed by atoms with Crippen LogP contribution in [0.3, 0.4) is 0 Å². The van der Waals surface area contributed by atoms with Crippen molar-refractivity contribution in [3.8, 4) is 5.75 Å². The van der Waals surface area contributed by atoms with Crippen molar-refractivity contribution in [1.82, 2.24) is 0 Å². The van der Waals surface area contributed by atoms with Crippen LogP contribution < -0.4 is 22.8 Å². The summed E-state index contributed by atoms with van der Waals surface area (Å²) in [6.45, 7) is 0. The summed E-state index contributed by atoms with van der Waals surface area (Å²) in [4.78, 5) is 9.64. The van der Waals surface area contributed by atoms with Gasteiger partial charge in [-0.15, -0.1) is 4.91 Å². The Labute approximate surface area is 124 Å². The molecule has 0 aromatic heterocycles. The van der Waals surface area contributed by atoms with Crippen LogP contribution in [0.1, 0.15) is 0 Å². The van der Waals surface area contributed by atoms with E-state index in [2.05, 4.69) is 16.6 Å². The predicted molar refractivity (Wildman–Crippen MR) is 79.6 cm³/mol. The SMILES string of the molecule is NO.Nc1ccc2c(O)c(N)c(S(=O)(=O)O)cc2c1NN=O. The van der Waals surface area contributed by atoms with E-state index in [-0.39, 0.29) is 22.1 Å². The van der Waals surface area contributed by atoms with Crippen molar-refractivity contribution in [3.05, 3.63) is 23.1 Å². The zero-order valence-electron chi connectivity index (χ0n) is 10.9. The second-order valence-electron chi connectivity index (χ2n) is 3.94. The van der Waals surface area contributed by atoms with E-state index in [1.807, 2.05) is 0 Å². The third-order valence-corrected chi connectivity index (χ3v) is 3.66. The van der Waals surface area contributed by atoms with Gasteiger partial charge in [0.25, 0.3) is 10.1 Å². The Hall–Kier alpha value is -2.67. The Morgan fingerprint density at radius 1 is 1.14 bits per heavy atom. The van der Waals surface area contributed by atoms with E-state index in [1.165, 1.54) is 12.1 Å². The van der Waals surface area contributed by atoms with Gasteiger partial charge in [-0.1, -0.05) is 0 Å². The van der Waals surface area contributed by atoms with Gasteiger partial charge in [0, 0.05) is 10.8 Å². The van der Waals surface area contributed by atoms with Crippen LogP contribution in [0.5, 0.6) is 5.75 Å². The van der Waals surface area contributed by atoms with E-state index >= 15 is 0 Å². The molecule has 0 bridgehead atoms. The summed E-state index contributed by atoms with van der Waals surface area (Å²) >= 11 is 0. The molecule has 0 aliphatic heterocycles. The first-order valence-corrected chi connectivity index (χ1v) is 6.86. The molecule has 0 fully saturated rings. The fraction of sp³-hybridized carbons (Fsp3) is 0. The molecule has 0 aliphatic carbocycles. The Morgan fingerprint density at radius 2 is 1.73 bits per heavy atom. The third-order valence-electron chi connectivity index (χ3n) is 2.76. The molecule has 0 spiro atoms. The van der Waals surface area contributed by atoms with Crippen LogP contribution in [0.4, 0.5) is 17.1 Å². The van der Waals surface area contributed by atoms with Crippen molar-refractivity contribution in [2.75, 3.05) is 16.9 Å². The summed E-state index contributed by atoms with van der Waals surface area (Å²) in [6, 6.07) is 3.76. The van der Waals surface area contributed by atoms with Gasteiger partial charge in [-0.2, -0.15) is 8.42 Å². The number of benzene rings is 2. The fourth-order valence-electron chi connectivity index (χ4n) is 1.85. The molecule has 11 nitrogen and oxygen atoms in total. The molecule has 10 N–H and O–H groups in total. The maximum atomic E-state index is 11.2. The van der Waals surface area contributed by atoms with Gasteiger partial charge in [-0.05, 0) is 18.2 Å². The summed E-state index contributed by atoms with van der Waals surface area (Å²) < 4.78 is 31.6. The molecule has 0 atom stereocenters. The van der Waals surface area contributed by atoms with Gasteiger partial charge in [0.1, 0.15) is 10.6 Å². The Kier molecular flexibility index (Phi) is 5.06. The zero-order chi connectivity index (χ0) is 17.1. The van der Waals surface area contributed by atoms with Gasteiger partial charge in [0.2, 0.25) is 0 Å². The highest BCUT2D eigenvalue weighted by molar-refractivity contribution is 7.86. The van der Waals surface area contributed by atoms with Crippen LogP contribution in [-0.2, 0) is 10.1 Å². The molecule has 0 amide bonds. The number of fused-ring (bicyclic) bond motifs is 1. The van der Waals surface area contributed by atoms with Crippen molar-refractivity contribution in [2.45, 2.75) is 4.90 Å². The van der Waals surface area contributed by atoms with E-state index in [0.29, 0.717) is 0 Å². The van der Waals surface area contributed by atoms with Gasteiger partial charge in [-0.3, -0.25) is 4.55 Å². The predicted octanol–water partition coefficient (Wildman–Crippen LogP) is 0.384. The fourth-order valence-corrected chi connectivity index (χ4v) is 2.49.